The fourth-order valence-electron chi connectivity index (χ4n) is 3.07. The molecule has 2 saturated heterocycles. The normalized spacial score (nSPS) is 26.9. The van der Waals surface area contributed by atoms with Gasteiger partial charge < -0.3 is 19.9 Å². The molecule has 2 N–H and O–H groups in total. The van der Waals surface area contributed by atoms with Crippen LogP contribution in [0, 0.1) is 0 Å². The Hall–Kier alpha value is -1.93. The smallest absolute Gasteiger partial charge is 0.325 e. The van der Waals surface area contributed by atoms with Crippen LogP contribution in [-0.4, -0.2) is 52.3 Å². The van der Waals surface area contributed by atoms with Crippen LogP contribution in [0.25, 0.3) is 0 Å². The van der Waals surface area contributed by atoms with Gasteiger partial charge in [-0.05, 0) is 29.9 Å². The Morgan fingerprint density at radius 2 is 2.17 bits per heavy atom. The van der Waals surface area contributed by atoms with E-state index in [0.717, 1.165) is 10.7 Å². The Morgan fingerprint density at radius 1 is 1.35 bits per heavy atom. The van der Waals surface area contributed by atoms with E-state index in [9.17, 15) is 14.7 Å². The molecular formula is C15H16N2O5S. The Labute approximate surface area is 136 Å². The first-order chi connectivity index (χ1) is 11.1. The number of aliphatic hydroxyl groups excluding tert-OH is 1. The van der Waals surface area contributed by atoms with E-state index in [1.165, 1.54) is 0 Å². The van der Waals surface area contributed by atoms with Crippen molar-refractivity contribution in [1.82, 2.24) is 10.2 Å². The molecule has 1 aromatic carbocycles. The molecule has 3 aliphatic heterocycles. The van der Waals surface area contributed by atoms with E-state index in [1.807, 2.05) is 0 Å². The molecule has 7 nitrogen and oxygen atoms in total. The van der Waals surface area contributed by atoms with Crippen molar-refractivity contribution in [3.05, 3.63) is 23.8 Å². The van der Waals surface area contributed by atoms with Gasteiger partial charge in [-0.3, -0.25) is 9.69 Å². The summed E-state index contributed by atoms with van der Waals surface area (Å²) >= 11 is 1.65. The monoisotopic (exact) mass is 336 g/mol. The lowest BCUT2D eigenvalue weighted by molar-refractivity contribution is -0.131. The number of aliphatic hydroxyl groups is 1. The van der Waals surface area contributed by atoms with Crippen LogP contribution in [-0.2, 0) is 4.79 Å². The van der Waals surface area contributed by atoms with Crippen LogP contribution in [0.15, 0.2) is 18.2 Å². The molecule has 8 heteroatoms. The molecule has 0 aliphatic carbocycles. The van der Waals surface area contributed by atoms with Crippen molar-refractivity contribution in [3.63, 3.8) is 0 Å². The van der Waals surface area contributed by atoms with Gasteiger partial charge in [0.2, 0.25) is 6.79 Å². The number of carbonyl (C=O) groups is 2. The number of nitrogens with zero attached hydrogens (tertiary/aromatic N) is 1. The first-order valence-electron chi connectivity index (χ1n) is 7.38. The highest BCUT2D eigenvalue weighted by Crippen LogP contribution is 2.36. The van der Waals surface area contributed by atoms with Crippen LogP contribution < -0.4 is 14.8 Å². The van der Waals surface area contributed by atoms with Gasteiger partial charge in [-0.1, -0.05) is 6.07 Å². The number of hydrogen-bond donors (Lipinski definition) is 2. The zero-order valence-corrected chi connectivity index (χ0v) is 13.1. The first kappa shape index (κ1) is 14.6. The van der Waals surface area contributed by atoms with Gasteiger partial charge in [-0.2, -0.15) is 11.8 Å². The number of carbonyl (C=O) groups excluding carboxylic acids is 2. The summed E-state index contributed by atoms with van der Waals surface area (Å²) in [5.41, 5.74) is -0.201. The van der Waals surface area contributed by atoms with E-state index in [4.69, 9.17) is 9.47 Å². The number of amides is 3. The molecular weight excluding hydrogens is 320 g/mol. The summed E-state index contributed by atoms with van der Waals surface area (Å²) in [6, 6.07) is 4.66. The molecule has 1 spiro atoms. The fraction of sp³-hybridized carbons (Fsp3) is 0.467. The van der Waals surface area contributed by atoms with E-state index >= 15 is 0 Å². The Morgan fingerprint density at radius 3 is 2.96 bits per heavy atom. The van der Waals surface area contributed by atoms with Crippen molar-refractivity contribution in [2.45, 2.75) is 18.1 Å². The first-order valence-corrected chi connectivity index (χ1v) is 8.54. The van der Waals surface area contributed by atoms with Crippen LogP contribution >= 0.6 is 11.8 Å². The molecule has 0 aromatic heterocycles. The lowest BCUT2D eigenvalue weighted by Crippen LogP contribution is -2.47. The Kier molecular flexibility index (Phi) is 3.38. The summed E-state index contributed by atoms with van der Waals surface area (Å²) in [6.45, 7) is 0.0822. The number of β-amino-alcohol motifs (C(OH)–C–C–N with tert-alkyl or cyclic N) is 1. The average Bonchev–Trinajstić information content (AvgIpc) is 3.24. The van der Waals surface area contributed by atoms with Crippen molar-refractivity contribution < 1.29 is 24.2 Å². The SMILES string of the molecule is O=C1N[C@@]2(CCSC2)C(=O)N1C[C@@H](O)c1ccc2c(c1)OCO2. The number of fused-ring (bicyclic) bond motifs is 1. The average molecular weight is 336 g/mol. The van der Waals surface area contributed by atoms with E-state index in [-0.39, 0.29) is 19.2 Å². The van der Waals surface area contributed by atoms with Crippen LogP contribution in [0.3, 0.4) is 0 Å². The maximum absolute atomic E-state index is 12.6. The van der Waals surface area contributed by atoms with Crippen molar-refractivity contribution in [2.24, 2.45) is 0 Å². The summed E-state index contributed by atoms with van der Waals surface area (Å²) in [5, 5.41) is 13.2. The lowest BCUT2D eigenvalue weighted by atomic mass is 9.99. The molecule has 3 heterocycles. The van der Waals surface area contributed by atoms with Crippen LogP contribution in [0.5, 0.6) is 11.5 Å². The summed E-state index contributed by atoms with van der Waals surface area (Å²) in [7, 11) is 0. The van der Waals surface area contributed by atoms with Crippen molar-refractivity contribution >= 4 is 23.7 Å². The molecule has 3 aliphatic rings. The molecule has 3 amide bonds. The Balaban J connectivity index is 1.51. The molecule has 0 bridgehead atoms. The number of urea groups is 1. The second kappa shape index (κ2) is 5.31. The highest BCUT2D eigenvalue weighted by atomic mass is 32.2. The number of nitrogens with one attached hydrogen (secondary N) is 1. The molecule has 0 saturated carbocycles. The maximum Gasteiger partial charge on any atom is 0.325 e. The minimum absolute atomic E-state index is 0.0727. The molecule has 0 unspecified atom stereocenters. The van der Waals surface area contributed by atoms with Gasteiger partial charge in [0.05, 0.1) is 12.6 Å². The van der Waals surface area contributed by atoms with Crippen molar-refractivity contribution in [3.8, 4) is 11.5 Å². The topological polar surface area (TPSA) is 88.1 Å². The van der Waals surface area contributed by atoms with Crippen LogP contribution in [0.4, 0.5) is 4.79 Å². The zero-order chi connectivity index (χ0) is 16.0. The predicted molar refractivity (Wildman–Crippen MR) is 82.4 cm³/mol. The van der Waals surface area contributed by atoms with Gasteiger partial charge in [0, 0.05) is 5.75 Å². The number of rotatable bonds is 3. The third kappa shape index (κ3) is 2.33. The quantitative estimate of drug-likeness (QED) is 0.797. The second-order valence-electron chi connectivity index (χ2n) is 5.86. The number of benzene rings is 1. The summed E-state index contributed by atoms with van der Waals surface area (Å²) in [6.07, 6.45) is -0.331. The third-order valence-electron chi connectivity index (χ3n) is 4.40. The predicted octanol–water partition coefficient (Wildman–Crippen LogP) is 0.876. The number of imide groups is 1. The van der Waals surface area contributed by atoms with Gasteiger partial charge in [-0.15, -0.1) is 0 Å². The molecule has 1 aromatic rings. The van der Waals surface area contributed by atoms with Gasteiger partial charge >= 0.3 is 6.03 Å². The van der Waals surface area contributed by atoms with Gasteiger partial charge in [0.1, 0.15) is 5.54 Å². The minimum atomic E-state index is -0.969. The van der Waals surface area contributed by atoms with Gasteiger partial charge in [-0.25, -0.2) is 4.79 Å². The number of ether oxygens (including phenoxy) is 2. The zero-order valence-electron chi connectivity index (χ0n) is 12.3. The lowest BCUT2D eigenvalue weighted by Gasteiger charge is -2.21. The van der Waals surface area contributed by atoms with E-state index in [1.54, 1.807) is 30.0 Å². The maximum atomic E-state index is 12.6. The molecule has 0 radical (unpaired) electrons. The standard InChI is InChI=1S/C15H16N2O5S/c18-10(9-1-2-11-12(5-9)22-8-21-11)6-17-13(19)15(16-14(17)20)3-4-23-7-15/h1-2,5,10,18H,3-4,6-8H2,(H,16,20)/t10-,15-/m1/s1. The largest absolute Gasteiger partial charge is 0.454 e. The Bertz CT molecular complexity index is 674. The van der Waals surface area contributed by atoms with Crippen molar-refractivity contribution in [2.75, 3.05) is 24.8 Å². The van der Waals surface area contributed by atoms with Crippen LogP contribution in [0.1, 0.15) is 18.1 Å². The highest BCUT2D eigenvalue weighted by molar-refractivity contribution is 7.99. The summed E-state index contributed by atoms with van der Waals surface area (Å²) < 4.78 is 10.5. The van der Waals surface area contributed by atoms with E-state index < -0.39 is 17.7 Å². The summed E-state index contributed by atoms with van der Waals surface area (Å²) in [5.74, 6) is 2.38. The van der Waals surface area contributed by atoms with Gasteiger partial charge in [0.15, 0.2) is 11.5 Å². The molecule has 23 heavy (non-hydrogen) atoms. The van der Waals surface area contributed by atoms with Crippen LogP contribution in [0.2, 0.25) is 0 Å². The van der Waals surface area contributed by atoms with E-state index in [2.05, 4.69) is 5.32 Å². The highest BCUT2D eigenvalue weighted by Gasteiger charge is 2.53. The molecule has 2 fully saturated rings. The number of hydrogen-bond acceptors (Lipinski definition) is 6. The fourth-order valence-corrected chi connectivity index (χ4v) is 4.40. The van der Waals surface area contributed by atoms with E-state index in [0.29, 0.717) is 29.2 Å². The van der Waals surface area contributed by atoms with Crippen molar-refractivity contribution in [1.29, 1.82) is 0 Å². The number of thioether (sulfide) groups is 1. The molecule has 2 atom stereocenters. The van der Waals surface area contributed by atoms with Gasteiger partial charge in [0.25, 0.3) is 5.91 Å². The minimum Gasteiger partial charge on any atom is -0.454 e. The molecule has 122 valence electrons. The summed E-state index contributed by atoms with van der Waals surface area (Å²) in [4.78, 5) is 25.8. The molecule has 4 rings (SSSR count). The third-order valence-corrected chi connectivity index (χ3v) is 5.59. The second-order valence-corrected chi connectivity index (χ2v) is 6.96.